The van der Waals surface area contributed by atoms with E-state index in [0.717, 1.165) is 30.5 Å². The Morgan fingerprint density at radius 1 is 1.44 bits per heavy atom. The number of nitrogens with zero attached hydrogens (tertiary/aromatic N) is 3. The Morgan fingerprint density at radius 2 is 2.31 bits per heavy atom. The lowest BCUT2D eigenvalue weighted by molar-refractivity contribution is 0.638. The van der Waals surface area contributed by atoms with Gasteiger partial charge in [-0.05, 0) is 24.8 Å². The van der Waals surface area contributed by atoms with Crippen LogP contribution in [0, 0.1) is 5.82 Å². The molecule has 0 fully saturated rings. The highest BCUT2D eigenvalue weighted by Crippen LogP contribution is 2.29. The van der Waals surface area contributed by atoms with Gasteiger partial charge in [-0.15, -0.1) is 5.10 Å². The lowest BCUT2D eigenvalue weighted by Crippen LogP contribution is -2.02. The molecular weight excluding hydrogens is 207 g/mol. The molecule has 82 valence electrons. The molecule has 16 heavy (non-hydrogen) atoms. The van der Waals surface area contributed by atoms with Gasteiger partial charge in [0.15, 0.2) is 5.82 Å². The Hall–Kier alpha value is -1.91. The molecule has 1 aliphatic rings. The quantitative estimate of drug-likeness (QED) is 0.796. The van der Waals surface area contributed by atoms with Gasteiger partial charge in [0.25, 0.3) is 0 Å². The molecular formula is C11H11FN4. The van der Waals surface area contributed by atoms with E-state index < -0.39 is 0 Å². The van der Waals surface area contributed by atoms with Crippen molar-refractivity contribution in [1.29, 1.82) is 0 Å². The highest BCUT2D eigenvalue weighted by Gasteiger charge is 2.16. The molecule has 1 aliphatic carbocycles. The molecule has 3 rings (SSSR count). The fourth-order valence-electron chi connectivity index (χ4n) is 2.10. The first kappa shape index (κ1) is 9.33. The third-order valence-corrected chi connectivity index (χ3v) is 2.86. The van der Waals surface area contributed by atoms with Gasteiger partial charge < -0.3 is 5.73 Å². The van der Waals surface area contributed by atoms with E-state index >= 15 is 0 Å². The van der Waals surface area contributed by atoms with Crippen molar-refractivity contribution in [2.24, 2.45) is 0 Å². The molecule has 0 saturated carbocycles. The molecule has 0 bridgehead atoms. The minimum absolute atomic E-state index is 0.156. The molecule has 0 aliphatic heterocycles. The zero-order valence-corrected chi connectivity index (χ0v) is 8.65. The fourth-order valence-corrected chi connectivity index (χ4v) is 2.10. The number of aromatic nitrogens is 3. The molecule has 0 amide bonds. The number of nitrogens with two attached hydrogens (primary N) is 1. The van der Waals surface area contributed by atoms with Gasteiger partial charge in [-0.25, -0.2) is 13.9 Å². The van der Waals surface area contributed by atoms with Crippen LogP contribution in [-0.2, 0) is 0 Å². The highest BCUT2D eigenvalue weighted by atomic mass is 19.1. The van der Waals surface area contributed by atoms with E-state index in [-0.39, 0.29) is 11.8 Å². The van der Waals surface area contributed by atoms with Gasteiger partial charge in [0.05, 0.1) is 11.9 Å². The normalized spacial score (nSPS) is 15.7. The van der Waals surface area contributed by atoms with Crippen LogP contribution in [0.25, 0.3) is 11.1 Å². The molecule has 2 aromatic rings. The highest BCUT2D eigenvalue weighted by molar-refractivity contribution is 5.69. The summed E-state index contributed by atoms with van der Waals surface area (Å²) in [6.45, 7) is 0. The zero-order chi connectivity index (χ0) is 11.1. The minimum atomic E-state index is -0.303. The summed E-state index contributed by atoms with van der Waals surface area (Å²) >= 11 is 0. The van der Waals surface area contributed by atoms with Crippen LogP contribution in [0.4, 0.5) is 10.3 Å². The van der Waals surface area contributed by atoms with Crippen molar-refractivity contribution in [3.05, 3.63) is 29.9 Å². The van der Waals surface area contributed by atoms with Crippen molar-refractivity contribution in [2.45, 2.75) is 19.3 Å². The number of anilines is 1. The lowest BCUT2D eigenvalue weighted by atomic mass is 10.2. The Morgan fingerprint density at radius 3 is 3.06 bits per heavy atom. The fraction of sp³-hybridized carbons (Fsp3) is 0.273. The number of fused-ring (bicyclic) bond motifs is 1. The lowest BCUT2D eigenvalue weighted by Gasteiger charge is -2.02. The summed E-state index contributed by atoms with van der Waals surface area (Å²) in [5, 5.41) is 4.04. The average molecular weight is 218 g/mol. The van der Waals surface area contributed by atoms with Crippen molar-refractivity contribution in [2.75, 3.05) is 5.73 Å². The molecule has 2 aromatic heterocycles. The van der Waals surface area contributed by atoms with Crippen LogP contribution in [0.5, 0.6) is 0 Å². The van der Waals surface area contributed by atoms with E-state index in [1.165, 1.54) is 16.8 Å². The first-order chi connectivity index (χ1) is 7.75. The van der Waals surface area contributed by atoms with Crippen LogP contribution in [0.1, 0.15) is 25.0 Å². The molecule has 0 saturated heterocycles. The van der Waals surface area contributed by atoms with Gasteiger partial charge in [0.2, 0.25) is 5.95 Å². The second kappa shape index (κ2) is 3.30. The number of hydrogen-bond acceptors (Lipinski definition) is 3. The number of allylic oxidation sites excluding steroid dienone is 2. The van der Waals surface area contributed by atoms with Crippen molar-refractivity contribution in [3.8, 4) is 0 Å². The minimum Gasteiger partial charge on any atom is -0.367 e. The standard InChI is InChI=1S/C11H11FN4/c12-8-5-9(7-3-1-2-4-7)16-10(8)6-14-11(13)15-16/h3,5-6H,1-2,4H2,(H2,13,15). The summed E-state index contributed by atoms with van der Waals surface area (Å²) in [4.78, 5) is 3.79. The van der Waals surface area contributed by atoms with Gasteiger partial charge in [-0.1, -0.05) is 6.08 Å². The second-order valence-electron chi connectivity index (χ2n) is 3.91. The van der Waals surface area contributed by atoms with E-state index in [1.807, 2.05) is 0 Å². The molecule has 4 nitrogen and oxygen atoms in total. The van der Waals surface area contributed by atoms with Crippen molar-refractivity contribution < 1.29 is 4.39 Å². The maximum absolute atomic E-state index is 13.6. The number of hydrogen-bond donors (Lipinski definition) is 1. The predicted octanol–water partition coefficient (Wildman–Crippen LogP) is 2.02. The Kier molecular flexibility index (Phi) is 1.92. The summed E-state index contributed by atoms with van der Waals surface area (Å²) in [6, 6.07) is 1.50. The van der Waals surface area contributed by atoms with Gasteiger partial charge >= 0.3 is 0 Å². The maximum atomic E-state index is 13.6. The summed E-state index contributed by atoms with van der Waals surface area (Å²) in [5.41, 5.74) is 7.81. The molecule has 0 unspecified atom stereocenters. The smallest absolute Gasteiger partial charge is 0.238 e. The summed E-state index contributed by atoms with van der Waals surface area (Å²) in [7, 11) is 0. The van der Waals surface area contributed by atoms with Gasteiger partial charge in [-0.3, -0.25) is 0 Å². The Bertz CT molecular complexity index is 585. The first-order valence-electron chi connectivity index (χ1n) is 5.25. The van der Waals surface area contributed by atoms with Crippen LogP contribution in [-0.4, -0.2) is 14.6 Å². The Labute approximate surface area is 91.6 Å². The first-order valence-corrected chi connectivity index (χ1v) is 5.25. The van der Waals surface area contributed by atoms with Crippen molar-refractivity contribution in [1.82, 2.24) is 14.6 Å². The van der Waals surface area contributed by atoms with Gasteiger partial charge in [0, 0.05) is 6.07 Å². The van der Waals surface area contributed by atoms with E-state index in [1.54, 1.807) is 0 Å². The van der Waals surface area contributed by atoms with Crippen molar-refractivity contribution >= 4 is 17.0 Å². The number of halogens is 1. The SMILES string of the molecule is Nc1ncc2c(F)cc(C3=CCCC3)n2n1. The number of rotatable bonds is 1. The summed E-state index contributed by atoms with van der Waals surface area (Å²) in [6.07, 6.45) is 6.67. The Balaban J connectivity index is 2.28. The molecule has 0 atom stereocenters. The van der Waals surface area contributed by atoms with E-state index in [9.17, 15) is 4.39 Å². The summed E-state index contributed by atoms with van der Waals surface area (Å²) in [5.74, 6) is -0.147. The monoisotopic (exact) mass is 218 g/mol. The predicted molar refractivity (Wildman–Crippen MR) is 59.2 cm³/mol. The van der Waals surface area contributed by atoms with E-state index in [0.29, 0.717) is 5.52 Å². The molecule has 5 heteroatoms. The van der Waals surface area contributed by atoms with E-state index in [2.05, 4.69) is 16.2 Å². The largest absolute Gasteiger partial charge is 0.367 e. The second-order valence-corrected chi connectivity index (χ2v) is 3.91. The topological polar surface area (TPSA) is 56.2 Å². The molecule has 0 spiro atoms. The van der Waals surface area contributed by atoms with Gasteiger partial charge in [-0.2, -0.15) is 0 Å². The third kappa shape index (κ3) is 1.28. The zero-order valence-electron chi connectivity index (χ0n) is 8.65. The molecule has 0 aromatic carbocycles. The average Bonchev–Trinajstić information content (AvgIpc) is 2.86. The van der Waals surface area contributed by atoms with Crippen LogP contribution >= 0.6 is 0 Å². The molecule has 0 radical (unpaired) electrons. The van der Waals surface area contributed by atoms with Crippen LogP contribution < -0.4 is 5.73 Å². The van der Waals surface area contributed by atoms with Crippen LogP contribution in [0.2, 0.25) is 0 Å². The van der Waals surface area contributed by atoms with Gasteiger partial charge in [0.1, 0.15) is 5.52 Å². The van der Waals surface area contributed by atoms with Crippen LogP contribution in [0.15, 0.2) is 18.3 Å². The molecule has 2 N–H and O–H groups in total. The third-order valence-electron chi connectivity index (χ3n) is 2.86. The van der Waals surface area contributed by atoms with Crippen LogP contribution in [0.3, 0.4) is 0 Å². The molecule has 2 heterocycles. The van der Waals surface area contributed by atoms with E-state index in [4.69, 9.17) is 5.73 Å². The summed E-state index contributed by atoms with van der Waals surface area (Å²) < 4.78 is 15.2. The number of nitrogen functional groups attached to an aromatic ring is 1. The maximum Gasteiger partial charge on any atom is 0.238 e. The van der Waals surface area contributed by atoms with Crippen molar-refractivity contribution in [3.63, 3.8) is 0 Å².